The molecule has 7 heteroatoms. The number of ether oxygens (including phenoxy) is 1. The fourth-order valence-corrected chi connectivity index (χ4v) is 3.28. The van der Waals surface area contributed by atoms with Gasteiger partial charge in [-0.05, 0) is 28.1 Å². The van der Waals surface area contributed by atoms with Crippen molar-refractivity contribution >= 4 is 39.1 Å². The molecule has 1 aromatic heterocycles. The van der Waals surface area contributed by atoms with Crippen molar-refractivity contribution < 1.29 is 19.4 Å². The van der Waals surface area contributed by atoms with Crippen LogP contribution in [0.5, 0.6) is 0 Å². The Balaban J connectivity index is 2.04. The van der Waals surface area contributed by atoms with Gasteiger partial charge in [-0.1, -0.05) is 0 Å². The smallest absolute Gasteiger partial charge is 0.328 e. The highest BCUT2D eigenvalue weighted by Gasteiger charge is 2.32. The molecule has 1 amide bonds. The summed E-state index contributed by atoms with van der Waals surface area (Å²) < 4.78 is 6.06. The number of aliphatic carboxylic acids is 1. The van der Waals surface area contributed by atoms with E-state index in [1.54, 1.807) is 0 Å². The molecule has 1 aliphatic rings. The van der Waals surface area contributed by atoms with Gasteiger partial charge in [-0.25, -0.2) is 4.79 Å². The van der Waals surface area contributed by atoms with Gasteiger partial charge in [0, 0.05) is 11.4 Å². The van der Waals surface area contributed by atoms with Gasteiger partial charge in [0.2, 0.25) is 5.91 Å². The predicted octanol–water partition coefficient (Wildman–Crippen LogP) is 1.37. The van der Waals surface area contributed by atoms with Gasteiger partial charge in [-0.2, -0.15) is 0 Å². The minimum atomic E-state index is -1.02. The highest BCUT2D eigenvalue weighted by molar-refractivity contribution is 9.11. The molecule has 0 unspecified atom stereocenters. The van der Waals surface area contributed by atoms with E-state index in [4.69, 9.17) is 9.84 Å². The first-order chi connectivity index (χ1) is 8.58. The Morgan fingerprint density at radius 3 is 2.94 bits per heavy atom. The number of nitrogens with zero attached hydrogens (tertiary/aromatic N) is 1. The van der Waals surface area contributed by atoms with Gasteiger partial charge in [0.25, 0.3) is 0 Å². The lowest BCUT2D eigenvalue weighted by atomic mass is 10.2. The number of rotatable bonds is 3. The largest absolute Gasteiger partial charge is 0.480 e. The molecule has 0 aliphatic carbocycles. The van der Waals surface area contributed by atoms with Gasteiger partial charge in [-0.15, -0.1) is 11.3 Å². The third kappa shape index (κ3) is 3.09. The van der Waals surface area contributed by atoms with Crippen molar-refractivity contribution in [2.75, 3.05) is 19.8 Å². The molecule has 0 saturated carbocycles. The molecule has 1 N–H and O–H groups in total. The van der Waals surface area contributed by atoms with Crippen molar-refractivity contribution in [1.29, 1.82) is 0 Å². The SMILES string of the molecule is O=C(O)[C@@H]1COCCN1C(=O)Cc1ccc(Br)s1. The molecule has 2 rings (SSSR count). The van der Waals surface area contributed by atoms with E-state index in [0.29, 0.717) is 13.2 Å². The number of morpholine rings is 1. The summed E-state index contributed by atoms with van der Waals surface area (Å²) in [4.78, 5) is 25.4. The maximum Gasteiger partial charge on any atom is 0.328 e. The second kappa shape index (κ2) is 5.81. The van der Waals surface area contributed by atoms with E-state index in [1.165, 1.54) is 16.2 Å². The van der Waals surface area contributed by atoms with Gasteiger partial charge >= 0.3 is 5.97 Å². The molecule has 98 valence electrons. The lowest BCUT2D eigenvalue weighted by Crippen LogP contribution is -2.53. The second-order valence-corrected chi connectivity index (χ2v) is 6.45. The molecule has 18 heavy (non-hydrogen) atoms. The van der Waals surface area contributed by atoms with Gasteiger partial charge in [-0.3, -0.25) is 4.79 Å². The summed E-state index contributed by atoms with van der Waals surface area (Å²) in [5, 5.41) is 9.05. The van der Waals surface area contributed by atoms with Crippen molar-refractivity contribution in [3.63, 3.8) is 0 Å². The van der Waals surface area contributed by atoms with E-state index in [9.17, 15) is 9.59 Å². The Bertz CT molecular complexity index is 462. The van der Waals surface area contributed by atoms with Crippen LogP contribution in [0.3, 0.4) is 0 Å². The van der Waals surface area contributed by atoms with Gasteiger partial charge in [0.05, 0.1) is 23.4 Å². The summed E-state index contributed by atoms with van der Waals surface area (Å²) in [6.07, 6.45) is 0.236. The fourth-order valence-electron chi connectivity index (χ4n) is 1.80. The molecule has 0 bridgehead atoms. The number of halogens is 1. The molecular weight excluding hydrogens is 322 g/mol. The summed E-state index contributed by atoms with van der Waals surface area (Å²) >= 11 is 4.81. The number of hydrogen-bond donors (Lipinski definition) is 1. The van der Waals surface area contributed by atoms with Crippen LogP contribution in [0.1, 0.15) is 4.88 Å². The summed E-state index contributed by atoms with van der Waals surface area (Å²) in [5.41, 5.74) is 0. The maximum absolute atomic E-state index is 12.1. The van der Waals surface area contributed by atoms with Crippen LogP contribution in [0.4, 0.5) is 0 Å². The summed E-state index contributed by atoms with van der Waals surface area (Å²) in [5.74, 6) is -1.18. The van der Waals surface area contributed by atoms with Crippen LogP contribution >= 0.6 is 27.3 Å². The average Bonchev–Trinajstić information content (AvgIpc) is 2.74. The number of hydrogen-bond acceptors (Lipinski definition) is 4. The minimum absolute atomic E-state index is 0.0647. The van der Waals surface area contributed by atoms with E-state index in [1.807, 2.05) is 12.1 Å². The maximum atomic E-state index is 12.1. The van der Waals surface area contributed by atoms with Crippen molar-refractivity contribution in [3.8, 4) is 0 Å². The fraction of sp³-hybridized carbons (Fsp3) is 0.455. The Morgan fingerprint density at radius 1 is 1.56 bits per heavy atom. The molecule has 1 saturated heterocycles. The van der Waals surface area contributed by atoms with Gasteiger partial charge in [0.1, 0.15) is 0 Å². The normalized spacial score (nSPS) is 19.8. The van der Waals surface area contributed by atoms with E-state index >= 15 is 0 Å². The Hall–Kier alpha value is -0.920. The monoisotopic (exact) mass is 333 g/mol. The van der Waals surface area contributed by atoms with E-state index < -0.39 is 12.0 Å². The van der Waals surface area contributed by atoms with Crippen LogP contribution in [0.25, 0.3) is 0 Å². The third-order valence-corrected chi connectivity index (χ3v) is 4.31. The molecule has 1 fully saturated rings. The Morgan fingerprint density at radius 2 is 2.33 bits per heavy atom. The van der Waals surface area contributed by atoms with Crippen LogP contribution in [-0.2, 0) is 20.7 Å². The number of carboxylic acids is 1. The number of thiophene rings is 1. The van der Waals surface area contributed by atoms with E-state index in [0.717, 1.165) is 8.66 Å². The van der Waals surface area contributed by atoms with E-state index in [2.05, 4.69) is 15.9 Å². The number of amides is 1. The lowest BCUT2D eigenvalue weighted by molar-refractivity contribution is -0.157. The molecule has 1 atom stereocenters. The lowest BCUT2D eigenvalue weighted by Gasteiger charge is -2.32. The van der Waals surface area contributed by atoms with E-state index in [-0.39, 0.29) is 18.9 Å². The Kier molecular flexibility index (Phi) is 4.36. The van der Waals surface area contributed by atoms with Crippen molar-refractivity contribution in [2.24, 2.45) is 0 Å². The zero-order chi connectivity index (χ0) is 13.1. The van der Waals surface area contributed by atoms with Crippen molar-refractivity contribution in [3.05, 3.63) is 20.8 Å². The van der Waals surface area contributed by atoms with Crippen molar-refractivity contribution in [2.45, 2.75) is 12.5 Å². The summed E-state index contributed by atoms with van der Waals surface area (Å²) in [7, 11) is 0. The molecule has 0 spiro atoms. The van der Waals surface area contributed by atoms with Crippen LogP contribution < -0.4 is 0 Å². The van der Waals surface area contributed by atoms with Crippen LogP contribution in [0.2, 0.25) is 0 Å². The Labute approximate surface area is 116 Å². The predicted molar refractivity (Wildman–Crippen MR) is 69.7 cm³/mol. The molecule has 1 aliphatic heterocycles. The summed E-state index contributed by atoms with van der Waals surface area (Å²) in [6.45, 7) is 0.793. The third-order valence-electron chi connectivity index (χ3n) is 2.69. The molecule has 0 aromatic carbocycles. The van der Waals surface area contributed by atoms with Gasteiger partial charge < -0.3 is 14.7 Å². The number of carboxylic acid groups (broad SMARTS) is 1. The summed E-state index contributed by atoms with van der Waals surface area (Å²) in [6, 6.07) is 2.87. The second-order valence-electron chi connectivity index (χ2n) is 3.90. The first kappa shape index (κ1) is 13.5. The molecule has 0 radical (unpaired) electrons. The van der Waals surface area contributed by atoms with Crippen LogP contribution in [0, 0.1) is 0 Å². The molecule has 2 heterocycles. The molecule has 5 nitrogen and oxygen atoms in total. The van der Waals surface area contributed by atoms with Crippen LogP contribution in [-0.4, -0.2) is 47.7 Å². The first-order valence-electron chi connectivity index (χ1n) is 5.42. The first-order valence-corrected chi connectivity index (χ1v) is 7.03. The number of carbonyl (C=O) groups excluding carboxylic acids is 1. The van der Waals surface area contributed by atoms with Crippen LogP contribution in [0.15, 0.2) is 15.9 Å². The highest BCUT2D eigenvalue weighted by Crippen LogP contribution is 2.23. The highest BCUT2D eigenvalue weighted by atomic mass is 79.9. The van der Waals surface area contributed by atoms with Gasteiger partial charge in [0.15, 0.2) is 6.04 Å². The standard InChI is InChI=1S/C11H12BrNO4S/c12-9-2-1-7(18-9)5-10(14)13-3-4-17-6-8(13)11(15)16/h1-2,8H,3-6H2,(H,15,16)/t8-/m0/s1. The zero-order valence-electron chi connectivity index (χ0n) is 9.47. The number of carbonyl (C=O) groups is 2. The average molecular weight is 334 g/mol. The topological polar surface area (TPSA) is 66.8 Å². The van der Waals surface area contributed by atoms with Crippen molar-refractivity contribution in [1.82, 2.24) is 4.90 Å². The molecule has 1 aromatic rings. The molecular formula is C11H12BrNO4S. The zero-order valence-corrected chi connectivity index (χ0v) is 11.9. The quantitative estimate of drug-likeness (QED) is 0.907. The minimum Gasteiger partial charge on any atom is -0.480 e.